The van der Waals surface area contributed by atoms with Gasteiger partial charge >= 0.3 is 5.97 Å². The van der Waals surface area contributed by atoms with E-state index in [1.165, 1.54) is 0 Å². The second-order valence-corrected chi connectivity index (χ2v) is 3.91. The summed E-state index contributed by atoms with van der Waals surface area (Å²) < 4.78 is 0. The Morgan fingerprint density at radius 1 is 1.12 bits per heavy atom. The highest BCUT2D eigenvalue weighted by molar-refractivity contribution is 5.91. The highest BCUT2D eigenvalue weighted by Crippen LogP contribution is 2.21. The van der Waals surface area contributed by atoms with E-state index in [1.54, 1.807) is 13.0 Å². The number of aliphatic carboxylic acids is 1. The zero-order valence-electron chi connectivity index (χ0n) is 9.82. The lowest BCUT2D eigenvalue weighted by molar-refractivity contribution is -0.132. The van der Waals surface area contributed by atoms with Crippen LogP contribution >= 0.6 is 0 Å². The van der Waals surface area contributed by atoms with Crippen LogP contribution in [0, 0.1) is 0 Å². The maximum atomic E-state index is 10.8. The molecule has 0 saturated carbocycles. The van der Waals surface area contributed by atoms with Crippen molar-refractivity contribution in [3.05, 3.63) is 53.1 Å². The lowest BCUT2D eigenvalue weighted by Gasteiger charge is -2.06. The third kappa shape index (κ3) is 3.09. The van der Waals surface area contributed by atoms with Gasteiger partial charge in [-0.1, -0.05) is 35.9 Å². The molecule has 0 fully saturated rings. The van der Waals surface area contributed by atoms with Crippen molar-refractivity contribution in [3.63, 3.8) is 0 Å². The van der Waals surface area contributed by atoms with Crippen LogP contribution in [0.25, 0.3) is 5.57 Å². The van der Waals surface area contributed by atoms with Gasteiger partial charge in [-0.3, -0.25) is 0 Å². The number of hydrogen-bond acceptors (Lipinski definition) is 1. The van der Waals surface area contributed by atoms with Gasteiger partial charge in [0.05, 0.1) is 0 Å². The van der Waals surface area contributed by atoms with Gasteiger partial charge in [-0.05, 0) is 38.0 Å². The largest absolute Gasteiger partial charge is 0.478 e. The Kier molecular flexibility index (Phi) is 4.06. The van der Waals surface area contributed by atoms with Crippen LogP contribution in [0.15, 0.2) is 47.6 Å². The minimum absolute atomic E-state index is 0.347. The third-order valence-corrected chi connectivity index (χ3v) is 2.32. The van der Waals surface area contributed by atoms with Gasteiger partial charge in [0.25, 0.3) is 0 Å². The van der Waals surface area contributed by atoms with E-state index < -0.39 is 5.97 Å². The third-order valence-electron chi connectivity index (χ3n) is 2.32. The van der Waals surface area contributed by atoms with Crippen molar-refractivity contribution in [1.82, 2.24) is 0 Å². The summed E-state index contributed by atoms with van der Waals surface area (Å²) in [6, 6.07) is 9.80. The second-order valence-electron chi connectivity index (χ2n) is 3.91. The number of carboxylic acid groups (broad SMARTS) is 1. The summed E-state index contributed by atoms with van der Waals surface area (Å²) in [5.74, 6) is -0.880. The van der Waals surface area contributed by atoms with Crippen LogP contribution in [0.2, 0.25) is 0 Å². The van der Waals surface area contributed by atoms with Crippen LogP contribution in [0.1, 0.15) is 26.3 Å². The first kappa shape index (κ1) is 12.2. The Morgan fingerprint density at radius 2 is 1.69 bits per heavy atom. The average Bonchev–Trinajstić information content (AvgIpc) is 2.26. The van der Waals surface area contributed by atoms with Crippen molar-refractivity contribution >= 4 is 11.5 Å². The first-order valence-corrected chi connectivity index (χ1v) is 5.17. The summed E-state index contributed by atoms with van der Waals surface area (Å²) in [4.78, 5) is 10.8. The molecule has 0 heterocycles. The van der Waals surface area contributed by atoms with Gasteiger partial charge in [0.2, 0.25) is 0 Å². The molecule has 0 aliphatic rings. The highest BCUT2D eigenvalue weighted by atomic mass is 16.4. The standard InChI is InChI=1S/C14H16O2/c1-10(2)13(9-11(3)14(15)16)12-7-5-4-6-8-12/h4-9H,1-3H3,(H,15,16)/b11-9+. The van der Waals surface area contributed by atoms with Crippen LogP contribution in [-0.2, 0) is 4.79 Å². The zero-order chi connectivity index (χ0) is 12.1. The van der Waals surface area contributed by atoms with Crippen LogP contribution < -0.4 is 0 Å². The summed E-state index contributed by atoms with van der Waals surface area (Å²) >= 11 is 0. The molecule has 2 heteroatoms. The quantitative estimate of drug-likeness (QED) is 0.620. The summed E-state index contributed by atoms with van der Waals surface area (Å²) in [5, 5.41) is 8.87. The van der Waals surface area contributed by atoms with Crippen molar-refractivity contribution in [3.8, 4) is 0 Å². The fourth-order valence-electron chi connectivity index (χ4n) is 1.41. The Balaban J connectivity index is 3.20. The van der Waals surface area contributed by atoms with Crippen LogP contribution in [0.4, 0.5) is 0 Å². The van der Waals surface area contributed by atoms with Gasteiger partial charge in [0, 0.05) is 5.57 Å². The lowest BCUT2D eigenvalue weighted by Crippen LogP contribution is -1.97. The summed E-state index contributed by atoms with van der Waals surface area (Å²) in [7, 11) is 0. The molecule has 0 unspecified atom stereocenters. The van der Waals surface area contributed by atoms with Crippen LogP contribution in [0.5, 0.6) is 0 Å². The summed E-state index contributed by atoms with van der Waals surface area (Å²) in [6.45, 7) is 5.57. The first-order valence-electron chi connectivity index (χ1n) is 5.17. The Morgan fingerprint density at radius 3 is 2.12 bits per heavy atom. The minimum atomic E-state index is -0.880. The molecule has 1 aromatic rings. The van der Waals surface area contributed by atoms with Crippen molar-refractivity contribution < 1.29 is 9.90 Å². The maximum absolute atomic E-state index is 10.8. The maximum Gasteiger partial charge on any atom is 0.331 e. The Labute approximate surface area is 95.9 Å². The molecule has 84 valence electrons. The molecular formula is C14H16O2. The summed E-state index contributed by atoms with van der Waals surface area (Å²) in [5.41, 5.74) is 3.47. The molecule has 2 nitrogen and oxygen atoms in total. The van der Waals surface area contributed by atoms with Gasteiger partial charge in [-0.15, -0.1) is 0 Å². The number of hydrogen-bond donors (Lipinski definition) is 1. The average molecular weight is 216 g/mol. The van der Waals surface area contributed by atoms with E-state index in [0.29, 0.717) is 5.57 Å². The predicted molar refractivity (Wildman–Crippen MR) is 66.1 cm³/mol. The van der Waals surface area contributed by atoms with Gasteiger partial charge in [-0.2, -0.15) is 0 Å². The smallest absolute Gasteiger partial charge is 0.331 e. The number of benzene rings is 1. The van der Waals surface area contributed by atoms with E-state index in [-0.39, 0.29) is 0 Å². The number of carbonyl (C=O) groups is 1. The molecular weight excluding hydrogens is 200 g/mol. The number of carboxylic acids is 1. The minimum Gasteiger partial charge on any atom is -0.478 e. The van der Waals surface area contributed by atoms with E-state index >= 15 is 0 Å². The molecule has 0 bridgehead atoms. The molecule has 0 amide bonds. The molecule has 0 aliphatic heterocycles. The van der Waals surface area contributed by atoms with E-state index in [1.807, 2.05) is 44.2 Å². The predicted octanol–water partition coefficient (Wildman–Crippen LogP) is 3.51. The molecule has 1 aromatic carbocycles. The Hall–Kier alpha value is -1.83. The van der Waals surface area contributed by atoms with Gasteiger partial charge in [-0.25, -0.2) is 4.79 Å². The van der Waals surface area contributed by atoms with E-state index in [0.717, 1.165) is 16.7 Å². The fourth-order valence-corrected chi connectivity index (χ4v) is 1.41. The van der Waals surface area contributed by atoms with E-state index in [2.05, 4.69) is 0 Å². The molecule has 0 radical (unpaired) electrons. The van der Waals surface area contributed by atoms with E-state index in [4.69, 9.17) is 5.11 Å². The summed E-state index contributed by atoms with van der Waals surface area (Å²) in [6.07, 6.45) is 1.72. The Bertz CT molecular complexity index is 435. The van der Waals surface area contributed by atoms with Crippen molar-refractivity contribution in [2.45, 2.75) is 20.8 Å². The fraction of sp³-hybridized carbons (Fsp3) is 0.214. The van der Waals surface area contributed by atoms with Crippen LogP contribution in [-0.4, -0.2) is 11.1 Å². The molecule has 16 heavy (non-hydrogen) atoms. The normalized spacial score (nSPS) is 11.1. The second kappa shape index (κ2) is 5.31. The molecule has 0 aliphatic carbocycles. The molecule has 0 atom stereocenters. The first-order chi connectivity index (χ1) is 7.52. The molecule has 0 saturated heterocycles. The zero-order valence-corrected chi connectivity index (χ0v) is 9.82. The number of allylic oxidation sites excluding steroid dienone is 3. The van der Waals surface area contributed by atoms with Crippen molar-refractivity contribution in [2.75, 3.05) is 0 Å². The van der Waals surface area contributed by atoms with Gasteiger partial charge in [0.1, 0.15) is 0 Å². The van der Waals surface area contributed by atoms with Crippen molar-refractivity contribution in [1.29, 1.82) is 0 Å². The van der Waals surface area contributed by atoms with Crippen molar-refractivity contribution in [2.24, 2.45) is 0 Å². The molecule has 0 spiro atoms. The SMILES string of the molecule is CC(C)=C(/C=C(\C)C(=O)O)c1ccccc1. The topological polar surface area (TPSA) is 37.3 Å². The lowest BCUT2D eigenvalue weighted by atomic mass is 9.99. The molecule has 1 rings (SSSR count). The van der Waals surface area contributed by atoms with E-state index in [9.17, 15) is 4.79 Å². The van der Waals surface area contributed by atoms with Crippen LogP contribution in [0.3, 0.4) is 0 Å². The highest BCUT2D eigenvalue weighted by Gasteiger charge is 2.04. The van der Waals surface area contributed by atoms with Gasteiger partial charge in [0.15, 0.2) is 0 Å². The monoisotopic (exact) mass is 216 g/mol. The molecule has 1 N–H and O–H groups in total. The molecule has 0 aromatic heterocycles. The van der Waals surface area contributed by atoms with Gasteiger partial charge < -0.3 is 5.11 Å². The number of rotatable bonds is 3.